The smallest absolute Gasteiger partial charge is 0.330 e. The van der Waals surface area contributed by atoms with Gasteiger partial charge in [0.15, 0.2) is 0 Å². The number of aliphatic hydroxyl groups is 1. The highest BCUT2D eigenvalue weighted by Gasteiger charge is 2.35. The molecule has 199 valence electrons. The van der Waals surface area contributed by atoms with Gasteiger partial charge in [0, 0.05) is 17.1 Å². The second-order valence-corrected chi connectivity index (χ2v) is 11.1. The van der Waals surface area contributed by atoms with Crippen LogP contribution in [-0.2, 0) is 4.65 Å². The lowest BCUT2D eigenvalue weighted by atomic mass is 9.82. The van der Waals surface area contributed by atoms with Gasteiger partial charge in [-0.1, -0.05) is 103 Å². The summed E-state index contributed by atoms with van der Waals surface area (Å²) in [6, 6.07) is 46.5. The molecule has 0 aromatic heterocycles. The minimum absolute atomic E-state index is 0.724. The molecule has 5 rings (SSSR count). The molecular formula is C36H35BNO2. The van der Waals surface area contributed by atoms with E-state index in [-0.39, 0.29) is 0 Å². The van der Waals surface area contributed by atoms with Crippen molar-refractivity contribution in [3.05, 3.63) is 133 Å². The van der Waals surface area contributed by atoms with Crippen molar-refractivity contribution in [2.45, 2.75) is 38.9 Å². The fourth-order valence-corrected chi connectivity index (χ4v) is 4.38. The summed E-state index contributed by atoms with van der Waals surface area (Å²) in [5, 5.41) is 10.4. The highest BCUT2D eigenvalue weighted by atomic mass is 16.5. The zero-order valence-electron chi connectivity index (χ0n) is 23.6. The first-order valence-corrected chi connectivity index (χ1v) is 13.7. The van der Waals surface area contributed by atoms with Gasteiger partial charge in [0.25, 0.3) is 0 Å². The molecule has 1 N–H and O–H groups in total. The van der Waals surface area contributed by atoms with Crippen molar-refractivity contribution in [2.75, 3.05) is 4.90 Å². The van der Waals surface area contributed by atoms with Crippen molar-refractivity contribution in [3.63, 3.8) is 0 Å². The van der Waals surface area contributed by atoms with Crippen LogP contribution >= 0.6 is 0 Å². The summed E-state index contributed by atoms with van der Waals surface area (Å²) in [7, 11) is 1.72. The van der Waals surface area contributed by atoms with Crippen LogP contribution < -0.4 is 10.4 Å². The SMILES string of the molecule is CC(C)(O)C(C)(C)O[B]c1ccc(N(c2ccc(-c3ccccc3)cc2)c2ccc(-c3ccccc3)cc2)cc1. The quantitative estimate of drug-likeness (QED) is 0.197. The summed E-state index contributed by atoms with van der Waals surface area (Å²) >= 11 is 0. The van der Waals surface area contributed by atoms with E-state index in [1.807, 2.05) is 38.1 Å². The van der Waals surface area contributed by atoms with Crippen LogP contribution in [0.5, 0.6) is 0 Å². The molecule has 4 heteroatoms. The van der Waals surface area contributed by atoms with Crippen LogP contribution in [0, 0.1) is 0 Å². The molecule has 5 aromatic carbocycles. The van der Waals surface area contributed by atoms with Crippen molar-refractivity contribution in [1.29, 1.82) is 0 Å². The molecule has 0 amide bonds. The van der Waals surface area contributed by atoms with Crippen LogP contribution in [-0.4, -0.2) is 23.8 Å². The Balaban J connectivity index is 1.46. The molecule has 0 aliphatic carbocycles. The van der Waals surface area contributed by atoms with E-state index in [1.54, 1.807) is 21.3 Å². The molecule has 0 heterocycles. The molecule has 0 unspecified atom stereocenters. The molecule has 0 atom stereocenters. The largest absolute Gasteiger partial charge is 0.427 e. The Morgan fingerprint density at radius 1 is 0.500 bits per heavy atom. The summed E-state index contributed by atoms with van der Waals surface area (Å²) in [4.78, 5) is 2.26. The van der Waals surface area contributed by atoms with Crippen LogP contribution in [0.15, 0.2) is 133 Å². The highest BCUT2D eigenvalue weighted by Crippen LogP contribution is 2.36. The van der Waals surface area contributed by atoms with Gasteiger partial charge in [0.2, 0.25) is 0 Å². The first-order chi connectivity index (χ1) is 19.2. The Hall–Kier alpha value is -4.12. The zero-order valence-corrected chi connectivity index (χ0v) is 23.6. The first kappa shape index (κ1) is 27.5. The Bertz CT molecular complexity index is 1420. The number of anilines is 3. The van der Waals surface area contributed by atoms with Crippen molar-refractivity contribution in [3.8, 4) is 22.3 Å². The van der Waals surface area contributed by atoms with Gasteiger partial charge in [-0.25, -0.2) is 0 Å². The van der Waals surface area contributed by atoms with E-state index in [2.05, 4.69) is 114 Å². The van der Waals surface area contributed by atoms with Crippen LogP contribution in [0.1, 0.15) is 27.7 Å². The monoisotopic (exact) mass is 524 g/mol. The standard InChI is InChI=1S/C36H35BNO2/c1-35(2,39)36(3,4)40-37-31-19-25-34(26-20-31)38(32-21-15-29(16-22-32)27-11-7-5-8-12-27)33-23-17-30(18-24-33)28-13-9-6-10-14-28/h5-26,39H,1-4H3. The maximum absolute atomic E-state index is 10.4. The summed E-state index contributed by atoms with van der Waals surface area (Å²) in [6.07, 6.45) is 0. The average Bonchev–Trinajstić information content (AvgIpc) is 2.98. The van der Waals surface area contributed by atoms with Crippen LogP contribution in [0.4, 0.5) is 17.1 Å². The number of hydrogen-bond acceptors (Lipinski definition) is 3. The van der Waals surface area contributed by atoms with Crippen molar-refractivity contribution < 1.29 is 9.76 Å². The summed E-state index contributed by atoms with van der Waals surface area (Å²) in [5.74, 6) is 0. The van der Waals surface area contributed by atoms with E-state index in [0.29, 0.717) is 0 Å². The maximum Gasteiger partial charge on any atom is 0.330 e. The predicted molar refractivity (Wildman–Crippen MR) is 169 cm³/mol. The Kier molecular flexibility index (Phi) is 7.93. The Morgan fingerprint density at radius 2 is 0.850 bits per heavy atom. The van der Waals surface area contributed by atoms with Gasteiger partial charge in [-0.3, -0.25) is 0 Å². The maximum atomic E-state index is 10.4. The van der Waals surface area contributed by atoms with E-state index >= 15 is 0 Å². The molecule has 0 saturated carbocycles. The van der Waals surface area contributed by atoms with E-state index in [4.69, 9.17) is 4.65 Å². The molecule has 0 aliphatic rings. The van der Waals surface area contributed by atoms with Gasteiger partial charge >= 0.3 is 7.48 Å². The molecule has 0 bridgehead atoms. The van der Waals surface area contributed by atoms with Gasteiger partial charge in [-0.15, -0.1) is 0 Å². The average molecular weight is 524 g/mol. The molecule has 0 spiro atoms. The predicted octanol–water partition coefficient (Wildman–Crippen LogP) is 8.30. The number of nitrogens with zero attached hydrogens (tertiary/aromatic N) is 1. The van der Waals surface area contributed by atoms with E-state index < -0.39 is 11.2 Å². The fraction of sp³-hybridized carbons (Fsp3) is 0.167. The van der Waals surface area contributed by atoms with E-state index in [0.717, 1.165) is 22.5 Å². The molecule has 0 fully saturated rings. The van der Waals surface area contributed by atoms with Crippen LogP contribution in [0.3, 0.4) is 0 Å². The summed E-state index contributed by atoms with van der Waals surface area (Å²) in [5.41, 5.74) is 7.17. The zero-order chi connectivity index (χ0) is 28.2. The number of rotatable bonds is 9. The van der Waals surface area contributed by atoms with Crippen LogP contribution in [0.2, 0.25) is 0 Å². The molecule has 40 heavy (non-hydrogen) atoms. The van der Waals surface area contributed by atoms with Gasteiger partial charge in [-0.05, 0) is 86.3 Å². The summed E-state index contributed by atoms with van der Waals surface area (Å²) in [6.45, 7) is 7.29. The second-order valence-electron chi connectivity index (χ2n) is 11.1. The third-order valence-corrected chi connectivity index (χ3v) is 7.58. The Morgan fingerprint density at radius 3 is 1.23 bits per heavy atom. The van der Waals surface area contributed by atoms with E-state index in [9.17, 15) is 5.11 Å². The van der Waals surface area contributed by atoms with Crippen LogP contribution in [0.25, 0.3) is 22.3 Å². The third-order valence-electron chi connectivity index (χ3n) is 7.58. The molecule has 5 aromatic rings. The lowest BCUT2D eigenvalue weighted by molar-refractivity contribution is -0.0893. The molecule has 0 aliphatic heterocycles. The van der Waals surface area contributed by atoms with Crippen molar-refractivity contribution in [1.82, 2.24) is 0 Å². The minimum atomic E-state index is -0.974. The van der Waals surface area contributed by atoms with Crippen molar-refractivity contribution in [2.24, 2.45) is 0 Å². The van der Waals surface area contributed by atoms with Gasteiger partial charge in [0.1, 0.15) is 0 Å². The first-order valence-electron chi connectivity index (χ1n) is 13.7. The summed E-state index contributed by atoms with van der Waals surface area (Å²) < 4.78 is 5.97. The topological polar surface area (TPSA) is 32.7 Å². The normalized spacial score (nSPS) is 11.7. The third kappa shape index (κ3) is 6.20. The molecular weight excluding hydrogens is 489 g/mol. The van der Waals surface area contributed by atoms with E-state index in [1.165, 1.54) is 22.3 Å². The Labute approximate surface area is 239 Å². The van der Waals surface area contributed by atoms with Crippen molar-refractivity contribution >= 4 is 30.0 Å². The minimum Gasteiger partial charge on any atom is -0.427 e. The fourth-order valence-electron chi connectivity index (χ4n) is 4.38. The number of benzene rings is 5. The second kappa shape index (κ2) is 11.6. The number of hydrogen-bond donors (Lipinski definition) is 1. The van der Waals surface area contributed by atoms with Gasteiger partial charge in [0.05, 0.1) is 11.2 Å². The lowest BCUT2D eigenvalue weighted by Crippen LogP contribution is -2.49. The van der Waals surface area contributed by atoms with Gasteiger partial charge in [-0.2, -0.15) is 0 Å². The highest BCUT2D eigenvalue weighted by molar-refractivity contribution is 6.47. The molecule has 3 nitrogen and oxygen atoms in total. The molecule has 0 saturated heterocycles. The molecule has 1 radical (unpaired) electrons. The van der Waals surface area contributed by atoms with Gasteiger partial charge < -0.3 is 14.7 Å². The lowest BCUT2D eigenvalue weighted by Gasteiger charge is -2.37.